The number of aromatic nitrogens is 6. The molecule has 4 rings (SSSR count). The van der Waals surface area contributed by atoms with Crippen LogP contribution < -0.4 is 10.9 Å². The summed E-state index contributed by atoms with van der Waals surface area (Å²) in [6.45, 7) is 1.70. The van der Waals surface area contributed by atoms with Crippen LogP contribution in [0.15, 0.2) is 53.8 Å². The maximum atomic E-state index is 12.5. The van der Waals surface area contributed by atoms with E-state index in [1.54, 1.807) is 13.2 Å². The second-order valence-corrected chi connectivity index (χ2v) is 6.52. The monoisotopic (exact) mass is 377 g/mol. The van der Waals surface area contributed by atoms with Gasteiger partial charge >= 0.3 is 0 Å². The van der Waals surface area contributed by atoms with Gasteiger partial charge in [-0.1, -0.05) is 30.3 Å². The van der Waals surface area contributed by atoms with Crippen LogP contribution in [0, 0.1) is 0 Å². The lowest BCUT2D eigenvalue weighted by molar-refractivity contribution is -0.122. The normalized spacial score (nSPS) is 12.2. The van der Waals surface area contributed by atoms with Crippen molar-refractivity contribution in [2.24, 2.45) is 7.05 Å². The summed E-state index contributed by atoms with van der Waals surface area (Å²) in [7, 11) is 1.71. The summed E-state index contributed by atoms with van der Waals surface area (Å²) >= 11 is 0. The Morgan fingerprint density at radius 3 is 2.79 bits per heavy atom. The van der Waals surface area contributed by atoms with Crippen LogP contribution in [-0.4, -0.2) is 35.2 Å². The first-order valence-corrected chi connectivity index (χ1v) is 8.80. The highest BCUT2D eigenvalue weighted by Gasteiger charge is 2.15. The fraction of sp³-hybridized carbons (Fsp3) is 0.211. The Bertz CT molecular complexity index is 1190. The summed E-state index contributed by atoms with van der Waals surface area (Å²) in [6, 6.07) is 9.47. The molecular formula is C19H19N7O2. The molecule has 0 radical (unpaired) electrons. The van der Waals surface area contributed by atoms with Gasteiger partial charge < -0.3 is 10.3 Å². The Balaban J connectivity index is 1.46. The quantitative estimate of drug-likeness (QED) is 0.546. The highest BCUT2D eigenvalue weighted by atomic mass is 16.2. The third-order valence-corrected chi connectivity index (χ3v) is 4.50. The highest BCUT2D eigenvalue weighted by Crippen LogP contribution is 2.18. The first-order chi connectivity index (χ1) is 13.5. The van der Waals surface area contributed by atoms with Crippen LogP contribution in [0.4, 0.5) is 0 Å². The molecule has 0 aliphatic carbocycles. The number of H-pyrrole nitrogens is 1. The van der Waals surface area contributed by atoms with Crippen LogP contribution in [0.3, 0.4) is 0 Å². The summed E-state index contributed by atoms with van der Waals surface area (Å²) in [5, 5.41) is 7.25. The lowest BCUT2D eigenvalue weighted by Gasteiger charge is -2.12. The van der Waals surface area contributed by atoms with Crippen LogP contribution in [-0.2, 0) is 18.4 Å². The number of amides is 1. The number of hydrogen-bond acceptors (Lipinski definition) is 5. The molecule has 0 bridgehead atoms. The summed E-state index contributed by atoms with van der Waals surface area (Å²) in [5.74, 6) is 0.331. The third-order valence-electron chi connectivity index (χ3n) is 4.50. The molecule has 1 atom stereocenters. The van der Waals surface area contributed by atoms with E-state index >= 15 is 0 Å². The molecule has 9 nitrogen and oxygen atoms in total. The summed E-state index contributed by atoms with van der Waals surface area (Å²) in [5.41, 5.74) is 2.07. The van der Waals surface area contributed by atoms with E-state index in [2.05, 4.69) is 25.4 Å². The Morgan fingerprint density at radius 2 is 2.00 bits per heavy atom. The standard InChI is InChI=1S/C19H19N7O2/c1-12(17-20-9-15(24-17)13-6-4-3-5-7-13)23-16(27)10-26-11-21-18-14(19(26)28)8-22-25(18)2/h3-9,11-12H,10H2,1-2H3,(H,20,24)(H,23,27)/t12-/m1/s1. The van der Waals surface area contributed by atoms with Crippen molar-refractivity contribution >= 4 is 16.9 Å². The van der Waals surface area contributed by atoms with Crippen molar-refractivity contribution in [3.63, 3.8) is 0 Å². The smallest absolute Gasteiger partial charge is 0.264 e. The van der Waals surface area contributed by atoms with Crippen LogP contribution >= 0.6 is 0 Å². The number of carbonyl (C=O) groups excluding carboxylic acids is 1. The van der Waals surface area contributed by atoms with E-state index < -0.39 is 0 Å². The number of carbonyl (C=O) groups is 1. The zero-order chi connectivity index (χ0) is 19.7. The topological polar surface area (TPSA) is 110 Å². The number of aryl methyl sites for hydroxylation is 1. The number of nitrogens with one attached hydrogen (secondary N) is 2. The summed E-state index contributed by atoms with van der Waals surface area (Å²) < 4.78 is 2.79. The fourth-order valence-electron chi connectivity index (χ4n) is 3.01. The van der Waals surface area contributed by atoms with Crippen molar-refractivity contribution in [3.8, 4) is 11.3 Å². The number of benzene rings is 1. The number of nitrogens with zero attached hydrogens (tertiary/aromatic N) is 5. The van der Waals surface area contributed by atoms with Crippen molar-refractivity contribution in [2.75, 3.05) is 0 Å². The molecule has 1 amide bonds. The van der Waals surface area contributed by atoms with Crippen LogP contribution in [0.1, 0.15) is 18.8 Å². The maximum Gasteiger partial charge on any atom is 0.264 e. The van der Waals surface area contributed by atoms with Crippen LogP contribution in [0.25, 0.3) is 22.3 Å². The van der Waals surface area contributed by atoms with Gasteiger partial charge in [-0.15, -0.1) is 0 Å². The predicted octanol–water partition coefficient (Wildman–Crippen LogP) is 1.40. The molecule has 2 N–H and O–H groups in total. The van der Waals surface area contributed by atoms with Crippen LogP contribution in [0.5, 0.6) is 0 Å². The van der Waals surface area contributed by atoms with Crippen LogP contribution in [0.2, 0.25) is 0 Å². The molecule has 0 aliphatic heterocycles. The number of hydrogen-bond donors (Lipinski definition) is 2. The second kappa shape index (κ2) is 7.10. The molecule has 0 saturated heterocycles. The lowest BCUT2D eigenvalue weighted by Crippen LogP contribution is -2.34. The van der Waals surface area contributed by atoms with Crippen molar-refractivity contribution in [1.82, 2.24) is 34.6 Å². The summed E-state index contributed by atoms with van der Waals surface area (Å²) in [4.78, 5) is 36.6. The van der Waals surface area contributed by atoms with Gasteiger partial charge in [-0.3, -0.25) is 18.8 Å². The van der Waals surface area contributed by atoms with Gasteiger partial charge in [-0.05, 0) is 12.5 Å². The number of aromatic amines is 1. The lowest BCUT2D eigenvalue weighted by atomic mass is 10.2. The Labute approximate surface area is 160 Å². The van der Waals surface area contributed by atoms with Gasteiger partial charge in [0.25, 0.3) is 5.56 Å². The van der Waals surface area contributed by atoms with Gasteiger partial charge in [0.1, 0.15) is 24.1 Å². The predicted molar refractivity (Wildman–Crippen MR) is 103 cm³/mol. The Morgan fingerprint density at radius 1 is 1.21 bits per heavy atom. The molecule has 28 heavy (non-hydrogen) atoms. The van der Waals surface area contributed by atoms with E-state index in [0.717, 1.165) is 11.3 Å². The van der Waals surface area contributed by atoms with E-state index in [1.807, 2.05) is 37.3 Å². The number of rotatable bonds is 5. The first-order valence-electron chi connectivity index (χ1n) is 8.80. The molecule has 4 aromatic rings. The SMILES string of the molecule is C[C@@H](NC(=O)Cn1cnc2c(cnn2C)c1=O)c1ncc(-c2ccccc2)[nH]1. The van der Waals surface area contributed by atoms with Crippen molar-refractivity contribution in [2.45, 2.75) is 19.5 Å². The maximum absolute atomic E-state index is 12.5. The van der Waals surface area contributed by atoms with Gasteiger partial charge in [0.15, 0.2) is 5.65 Å². The molecule has 0 unspecified atom stereocenters. The van der Waals surface area contributed by atoms with Gasteiger partial charge in [0, 0.05) is 7.05 Å². The number of fused-ring (bicyclic) bond motifs is 1. The van der Waals surface area contributed by atoms with E-state index in [9.17, 15) is 9.59 Å². The summed E-state index contributed by atoms with van der Waals surface area (Å²) in [6.07, 6.45) is 4.55. The molecule has 0 fully saturated rings. The zero-order valence-electron chi connectivity index (χ0n) is 15.5. The van der Waals surface area contributed by atoms with Gasteiger partial charge in [-0.25, -0.2) is 9.97 Å². The molecule has 0 saturated carbocycles. The average Bonchev–Trinajstić information content (AvgIpc) is 3.33. The van der Waals surface area contributed by atoms with Crippen molar-refractivity contribution < 1.29 is 4.79 Å². The largest absolute Gasteiger partial charge is 0.345 e. The third kappa shape index (κ3) is 3.29. The average molecular weight is 377 g/mol. The zero-order valence-corrected chi connectivity index (χ0v) is 15.5. The first kappa shape index (κ1) is 17.7. The second-order valence-electron chi connectivity index (χ2n) is 6.52. The minimum Gasteiger partial charge on any atom is -0.345 e. The molecule has 1 aromatic carbocycles. The minimum absolute atomic E-state index is 0.132. The highest BCUT2D eigenvalue weighted by molar-refractivity contribution is 5.77. The van der Waals surface area contributed by atoms with Gasteiger partial charge in [0.2, 0.25) is 5.91 Å². The number of imidazole rings is 1. The van der Waals surface area contributed by atoms with E-state index in [4.69, 9.17) is 0 Å². The van der Waals surface area contributed by atoms with Gasteiger partial charge in [0.05, 0.1) is 24.1 Å². The fourth-order valence-corrected chi connectivity index (χ4v) is 3.01. The molecule has 9 heteroatoms. The molecule has 0 aliphatic rings. The Hall–Kier alpha value is -3.75. The van der Waals surface area contributed by atoms with E-state index in [-0.39, 0.29) is 24.1 Å². The molecular weight excluding hydrogens is 358 g/mol. The molecule has 142 valence electrons. The van der Waals surface area contributed by atoms with E-state index in [1.165, 1.54) is 21.8 Å². The molecule has 0 spiro atoms. The Kier molecular flexibility index (Phi) is 4.48. The van der Waals surface area contributed by atoms with E-state index in [0.29, 0.717) is 16.9 Å². The molecule has 3 heterocycles. The van der Waals surface area contributed by atoms with Crippen molar-refractivity contribution in [1.29, 1.82) is 0 Å². The van der Waals surface area contributed by atoms with Gasteiger partial charge in [-0.2, -0.15) is 5.10 Å². The van der Waals surface area contributed by atoms with Crippen molar-refractivity contribution in [3.05, 3.63) is 65.2 Å². The minimum atomic E-state index is -0.337. The molecule has 3 aromatic heterocycles.